The van der Waals surface area contributed by atoms with Crippen molar-refractivity contribution in [1.82, 2.24) is 5.32 Å². The summed E-state index contributed by atoms with van der Waals surface area (Å²) >= 11 is 1.90. The van der Waals surface area contributed by atoms with Gasteiger partial charge < -0.3 is 5.32 Å². The molecular formula is C12H22N2S. The lowest BCUT2D eigenvalue weighted by atomic mass is 9.87. The Balaban J connectivity index is 1.90. The molecule has 0 aromatic carbocycles. The lowest BCUT2D eigenvalue weighted by molar-refractivity contribution is 0.345. The molecule has 1 aliphatic carbocycles. The third kappa shape index (κ3) is 3.40. The molecule has 1 N–H and O–H groups in total. The van der Waals surface area contributed by atoms with Crippen molar-refractivity contribution in [1.29, 1.82) is 0 Å². The molecule has 3 heteroatoms. The highest BCUT2D eigenvalue weighted by Gasteiger charge is 2.20. The van der Waals surface area contributed by atoms with Gasteiger partial charge in [0.1, 0.15) is 0 Å². The van der Waals surface area contributed by atoms with Crippen LogP contribution in [0.4, 0.5) is 0 Å². The van der Waals surface area contributed by atoms with E-state index in [1.165, 1.54) is 43.0 Å². The van der Waals surface area contributed by atoms with E-state index in [-0.39, 0.29) is 0 Å². The van der Waals surface area contributed by atoms with Gasteiger partial charge in [0.25, 0.3) is 0 Å². The van der Waals surface area contributed by atoms with Crippen molar-refractivity contribution < 1.29 is 0 Å². The van der Waals surface area contributed by atoms with E-state index >= 15 is 0 Å². The highest BCUT2D eigenvalue weighted by Crippen LogP contribution is 2.27. The molecule has 1 aliphatic heterocycles. The normalized spacial score (nSPS) is 40.1. The summed E-state index contributed by atoms with van der Waals surface area (Å²) < 4.78 is 0. The van der Waals surface area contributed by atoms with Crippen LogP contribution in [0.2, 0.25) is 0 Å². The summed E-state index contributed by atoms with van der Waals surface area (Å²) in [6.07, 6.45) is 6.62. The minimum atomic E-state index is 0.592. The Labute approximate surface area is 97.3 Å². The largest absolute Gasteiger partial charge is 0.362 e. The Morgan fingerprint density at radius 2 is 2.13 bits per heavy atom. The van der Waals surface area contributed by atoms with Crippen LogP contribution in [0, 0.1) is 5.92 Å². The number of hydrogen-bond acceptors (Lipinski definition) is 2. The van der Waals surface area contributed by atoms with Gasteiger partial charge in [-0.1, -0.05) is 31.5 Å². The molecule has 0 bridgehead atoms. The Hall–Kier alpha value is -0.180. The second kappa shape index (κ2) is 5.24. The molecule has 2 rings (SSSR count). The highest BCUT2D eigenvalue weighted by atomic mass is 32.2. The molecule has 1 heterocycles. The van der Waals surface area contributed by atoms with E-state index in [0.717, 1.165) is 5.92 Å². The third-order valence-electron chi connectivity index (χ3n) is 3.37. The molecule has 15 heavy (non-hydrogen) atoms. The monoisotopic (exact) mass is 226 g/mol. The van der Waals surface area contributed by atoms with Crippen LogP contribution in [0.25, 0.3) is 0 Å². The number of hydrogen-bond donors (Lipinski definition) is 1. The Bertz CT molecular complexity index is 240. The van der Waals surface area contributed by atoms with Crippen molar-refractivity contribution in [3.63, 3.8) is 0 Å². The van der Waals surface area contributed by atoms with Gasteiger partial charge in [0.15, 0.2) is 5.17 Å². The highest BCUT2D eigenvalue weighted by molar-refractivity contribution is 8.13. The molecule has 0 amide bonds. The summed E-state index contributed by atoms with van der Waals surface area (Å²) in [7, 11) is 0. The van der Waals surface area contributed by atoms with E-state index in [9.17, 15) is 0 Å². The minimum Gasteiger partial charge on any atom is -0.362 e. The molecule has 2 fully saturated rings. The maximum Gasteiger partial charge on any atom is 0.157 e. The van der Waals surface area contributed by atoms with Crippen LogP contribution in [-0.4, -0.2) is 23.0 Å². The quantitative estimate of drug-likeness (QED) is 0.743. The molecular weight excluding hydrogens is 204 g/mol. The predicted molar refractivity (Wildman–Crippen MR) is 68.5 cm³/mol. The minimum absolute atomic E-state index is 0.592. The van der Waals surface area contributed by atoms with Gasteiger partial charge in [0.2, 0.25) is 0 Å². The average Bonchev–Trinajstić information content (AvgIpc) is 2.17. The average molecular weight is 226 g/mol. The molecule has 3 atom stereocenters. The summed E-state index contributed by atoms with van der Waals surface area (Å²) in [5, 5.41) is 4.69. The molecule has 0 aromatic heterocycles. The van der Waals surface area contributed by atoms with Crippen molar-refractivity contribution in [3.8, 4) is 0 Å². The number of rotatable bonds is 1. The topological polar surface area (TPSA) is 24.4 Å². The van der Waals surface area contributed by atoms with E-state index in [2.05, 4.69) is 19.2 Å². The van der Waals surface area contributed by atoms with Gasteiger partial charge in [-0.25, -0.2) is 0 Å². The van der Waals surface area contributed by atoms with Crippen LogP contribution >= 0.6 is 11.8 Å². The molecule has 1 saturated heterocycles. The second-order valence-electron chi connectivity index (χ2n) is 5.04. The number of nitrogens with zero attached hydrogens (tertiary/aromatic N) is 1. The van der Waals surface area contributed by atoms with E-state index in [1.54, 1.807) is 0 Å². The summed E-state index contributed by atoms with van der Waals surface area (Å²) in [5.74, 6) is 2.11. The van der Waals surface area contributed by atoms with E-state index in [4.69, 9.17) is 4.99 Å². The molecule has 0 aromatic rings. The second-order valence-corrected chi connectivity index (χ2v) is 6.13. The Morgan fingerprint density at radius 1 is 1.27 bits per heavy atom. The van der Waals surface area contributed by atoms with Crippen LogP contribution in [0.15, 0.2) is 4.99 Å². The SMILES string of the molecule is CC1CCCC(N=C2NC(C)CCS2)C1. The third-order valence-corrected chi connectivity index (χ3v) is 4.30. The van der Waals surface area contributed by atoms with Crippen LogP contribution in [-0.2, 0) is 0 Å². The van der Waals surface area contributed by atoms with Gasteiger partial charge in [0.05, 0.1) is 6.04 Å². The first-order valence-electron chi connectivity index (χ1n) is 6.21. The van der Waals surface area contributed by atoms with E-state index in [1.807, 2.05) is 11.8 Å². The van der Waals surface area contributed by atoms with Gasteiger partial charge in [0, 0.05) is 11.8 Å². The Morgan fingerprint density at radius 3 is 2.87 bits per heavy atom. The predicted octanol–water partition coefficient (Wildman–Crippen LogP) is 3.04. The maximum atomic E-state index is 4.86. The first-order valence-corrected chi connectivity index (χ1v) is 7.19. The van der Waals surface area contributed by atoms with Crippen LogP contribution in [0.3, 0.4) is 0 Å². The van der Waals surface area contributed by atoms with E-state index < -0.39 is 0 Å². The lowest BCUT2D eigenvalue weighted by Gasteiger charge is -2.27. The first kappa shape index (κ1) is 11.3. The number of aliphatic imine (C=N–C) groups is 1. The summed E-state index contributed by atoms with van der Waals surface area (Å²) in [6, 6.07) is 1.21. The summed E-state index contributed by atoms with van der Waals surface area (Å²) in [5.41, 5.74) is 0. The fraction of sp³-hybridized carbons (Fsp3) is 0.917. The van der Waals surface area contributed by atoms with Gasteiger partial charge in [-0.2, -0.15) is 0 Å². The zero-order valence-corrected chi connectivity index (χ0v) is 10.6. The van der Waals surface area contributed by atoms with Gasteiger partial charge >= 0.3 is 0 Å². The van der Waals surface area contributed by atoms with Gasteiger partial charge in [-0.3, -0.25) is 4.99 Å². The standard InChI is InChI=1S/C12H22N2S/c1-9-4-3-5-11(8-9)14-12-13-10(2)6-7-15-12/h9-11H,3-8H2,1-2H3,(H,13,14). The summed E-state index contributed by atoms with van der Waals surface area (Å²) in [6.45, 7) is 4.61. The molecule has 2 aliphatic rings. The zero-order valence-electron chi connectivity index (χ0n) is 9.83. The maximum absolute atomic E-state index is 4.86. The summed E-state index contributed by atoms with van der Waals surface area (Å²) in [4.78, 5) is 4.86. The number of nitrogens with one attached hydrogen (secondary N) is 1. The van der Waals surface area contributed by atoms with Gasteiger partial charge in [-0.15, -0.1) is 0 Å². The smallest absolute Gasteiger partial charge is 0.157 e. The van der Waals surface area contributed by atoms with Crippen LogP contribution in [0.5, 0.6) is 0 Å². The fourth-order valence-electron chi connectivity index (χ4n) is 2.42. The van der Waals surface area contributed by atoms with Crippen LogP contribution < -0.4 is 5.32 Å². The van der Waals surface area contributed by atoms with Crippen molar-refractivity contribution in [3.05, 3.63) is 0 Å². The first-order chi connectivity index (χ1) is 7.24. The molecule has 2 nitrogen and oxygen atoms in total. The molecule has 0 radical (unpaired) electrons. The molecule has 1 saturated carbocycles. The molecule has 0 spiro atoms. The van der Waals surface area contributed by atoms with Crippen molar-refractivity contribution in [2.24, 2.45) is 10.9 Å². The molecule has 86 valence electrons. The zero-order chi connectivity index (χ0) is 10.7. The molecule has 3 unspecified atom stereocenters. The van der Waals surface area contributed by atoms with Crippen molar-refractivity contribution in [2.45, 2.75) is 58.0 Å². The van der Waals surface area contributed by atoms with Crippen molar-refractivity contribution >= 4 is 16.9 Å². The van der Waals surface area contributed by atoms with Crippen LogP contribution in [0.1, 0.15) is 46.0 Å². The fourth-order valence-corrected chi connectivity index (χ4v) is 3.59. The lowest BCUT2D eigenvalue weighted by Crippen LogP contribution is -2.36. The van der Waals surface area contributed by atoms with Gasteiger partial charge in [-0.05, 0) is 32.1 Å². The Kier molecular flexibility index (Phi) is 3.95. The van der Waals surface area contributed by atoms with E-state index in [0.29, 0.717) is 12.1 Å². The van der Waals surface area contributed by atoms with Crippen molar-refractivity contribution in [2.75, 3.05) is 5.75 Å². The number of amidine groups is 1. The number of thioether (sulfide) groups is 1.